The molecule has 0 unspecified atom stereocenters. The molecular weight excluding hydrogens is 561 g/mol. The number of aromatic hydroxyl groups is 1. The fourth-order valence-electron chi connectivity index (χ4n) is 8.03. The van der Waals surface area contributed by atoms with Crippen molar-refractivity contribution in [2.45, 2.75) is 76.2 Å². The van der Waals surface area contributed by atoms with Crippen LogP contribution in [0.1, 0.15) is 62.3 Å². The summed E-state index contributed by atoms with van der Waals surface area (Å²) in [7, 11) is 2.11. The van der Waals surface area contributed by atoms with Gasteiger partial charge in [-0.25, -0.2) is 0 Å². The number of rotatable bonds is 4. The van der Waals surface area contributed by atoms with Crippen LogP contribution in [0.2, 0.25) is 0 Å². The van der Waals surface area contributed by atoms with Crippen LogP contribution in [0, 0.1) is 23.7 Å². The van der Waals surface area contributed by atoms with Gasteiger partial charge < -0.3 is 24.4 Å². The minimum Gasteiger partial charge on any atom is -0.504 e. The second-order valence-corrected chi connectivity index (χ2v) is 12.7. The van der Waals surface area contributed by atoms with Crippen LogP contribution in [0.3, 0.4) is 0 Å². The van der Waals surface area contributed by atoms with Crippen molar-refractivity contribution < 1.29 is 37.3 Å². The van der Waals surface area contributed by atoms with Gasteiger partial charge in [-0.05, 0) is 75.4 Å². The third-order valence-corrected chi connectivity index (χ3v) is 9.65. The molecule has 5 atom stereocenters. The molecule has 2 aliphatic carbocycles. The van der Waals surface area contributed by atoms with E-state index in [1.807, 2.05) is 13.8 Å². The zero-order valence-electron chi connectivity index (χ0n) is 24.6. The number of carbonyl (C=O) groups is 2. The van der Waals surface area contributed by atoms with Crippen LogP contribution < -0.4 is 9.47 Å². The van der Waals surface area contributed by atoms with Crippen LogP contribution in [-0.2, 0) is 27.6 Å². The van der Waals surface area contributed by atoms with Crippen LogP contribution >= 0.6 is 0 Å². The van der Waals surface area contributed by atoms with Crippen LogP contribution in [0.25, 0.3) is 0 Å². The number of hydrogen-bond donors (Lipinski definition) is 1. The largest absolute Gasteiger partial charge is 0.504 e. The number of nitrogens with zero attached hydrogens (tertiary/aromatic N) is 2. The summed E-state index contributed by atoms with van der Waals surface area (Å²) >= 11 is 0. The number of halogens is 3. The van der Waals surface area contributed by atoms with Gasteiger partial charge in [-0.2, -0.15) is 13.2 Å². The Hall–Kier alpha value is -3.71. The Bertz CT molecular complexity index is 1530. The molecule has 0 aromatic heterocycles. The number of ether oxygens (including phenoxy) is 2. The number of phenols is 1. The molecule has 2 bridgehead atoms. The number of alkyl halides is 3. The Kier molecular flexibility index (Phi) is 7.15. The highest BCUT2D eigenvalue weighted by Gasteiger charge is 2.67. The van der Waals surface area contributed by atoms with Crippen LogP contribution in [-0.4, -0.2) is 65.1 Å². The maximum Gasteiger partial charge on any atom is 0.416 e. The summed E-state index contributed by atoms with van der Waals surface area (Å²) in [6.45, 7) is 6.60. The molecule has 0 radical (unpaired) electrons. The summed E-state index contributed by atoms with van der Waals surface area (Å²) < 4.78 is 51.2. The fourth-order valence-corrected chi connectivity index (χ4v) is 8.03. The second-order valence-electron chi connectivity index (χ2n) is 12.7. The molecule has 2 aromatic carbocycles. The number of carbonyl (C=O) groups excluding carboxylic acids is 2. The van der Waals surface area contributed by atoms with Gasteiger partial charge >= 0.3 is 12.1 Å². The zero-order chi connectivity index (χ0) is 30.8. The molecular formula is C33H35F3N2O5. The van der Waals surface area contributed by atoms with Gasteiger partial charge in [0.2, 0.25) is 0 Å². The van der Waals surface area contributed by atoms with E-state index in [1.54, 1.807) is 4.90 Å². The maximum atomic E-state index is 13.8. The van der Waals surface area contributed by atoms with E-state index in [0.29, 0.717) is 36.4 Å². The van der Waals surface area contributed by atoms with Gasteiger partial charge in [-0.15, -0.1) is 0 Å². The van der Waals surface area contributed by atoms with Crippen molar-refractivity contribution in [3.05, 3.63) is 52.6 Å². The fraction of sp³-hybridized carbons (Fsp3) is 0.515. The van der Waals surface area contributed by atoms with Crippen molar-refractivity contribution in [3.63, 3.8) is 0 Å². The van der Waals surface area contributed by atoms with Gasteiger partial charge in [0, 0.05) is 53.6 Å². The first-order valence-electron chi connectivity index (χ1n) is 14.8. The van der Waals surface area contributed by atoms with Crippen LogP contribution in [0.15, 0.2) is 30.3 Å². The summed E-state index contributed by atoms with van der Waals surface area (Å²) in [6.07, 6.45) is -1.94. The first-order valence-corrected chi connectivity index (χ1v) is 14.8. The smallest absolute Gasteiger partial charge is 0.416 e. The quantitative estimate of drug-likeness (QED) is 0.307. The molecule has 10 heteroatoms. The van der Waals surface area contributed by atoms with Gasteiger partial charge in [0.1, 0.15) is 11.9 Å². The maximum absolute atomic E-state index is 13.8. The first kappa shape index (κ1) is 29.4. The van der Waals surface area contributed by atoms with Crippen molar-refractivity contribution in [1.82, 2.24) is 9.80 Å². The number of esters is 1. The SMILES string of the molecule is CC(=O)Oc1cc(O)c2c3c1C[C@@H]1[C@@H]4CC[C@@H](N(CC(C)C)C(=O)C#Cc5ccc(C(F)(F)F)cc5)[C@H](O2)[C@]34CCN1C. The lowest BCUT2D eigenvalue weighted by Crippen LogP contribution is -2.68. The topological polar surface area (TPSA) is 79.3 Å². The number of piperidine rings is 1. The number of benzene rings is 2. The van der Waals surface area contributed by atoms with E-state index in [9.17, 15) is 27.9 Å². The molecule has 2 aliphatic heterocycles. The number of likely N-dealkylation sites (tertiary alicyclic amines) is 1. The lowest BCUT2D eigenvalue weighted by Gasteiger charge is -2.60. The molecule has 1 saturated heterocycles. The van der Waals surface area contributed by atoms with Crippen molar-refractivity contribution in [2.24, 2.45) is 11.8 Å². The van der Waals surface area contributed by atoms with Crippen LogP contribution in [0.4, 0.5) is 13.2 Å². The van der Waals surface area contributed by atoms with E-state index in [-0.39, 0.29) is 29.7 Å². The summed E-state index contributed by atoms with van der Waals surface area (Å²) in [6, 6.07) is 5.75. The predicted molar refractivity (Wildman–Crippen MR) is 152 cm³/mol. The standard InChI is InChI=1S/C33H35F3N2O5/c1-18(2)17-38(28(41)12-7-20-5-8-21(9-6-20)33(34,35)36)24-11-10-23-25-15-22-27(42-19(3)39)16-26(40)30-29(22)32(23,31(24)43-30)13-14-37(25)4/h5-6,8-9,16,18,23-25,31,40H,10-11,13-15,17H2,1-4H3/t23-,24+,25+,31-,32-/m0/s1. The van der Waals surface area contributed by atoms with Gasteiger partial charge in [-0.3, -0.25) is 9.59 Å². The van der Waals surface area contributed by atoms with Crippen molar-refractivity contribution in [2.75, 3.05) is 20.1 Å². The number of hydrogen-bond acceptors (Lipinski definition) is 6. The molecule has 1 amide bonds. The third-order valence-electron chi connectivity index (χ3n) is 9.65. The molecule has 6 rings (SSSR count). The minimum atomic E-state index is -4.45. The average Bonchev–Trinajstić information content (AvgIpc) is 3.28. The van der Waals surface area contributed by atoms with Crippen LogP contribution in [0.5, 0.6) is 17.2 Å². The van der Waals surface area contributed by atoms with E-state index in [0.717, 1.165) is 42.6 Å². The van der Waals surface area contributed by atoms with E-state index in [1.165, 1.54) is 25.1 Å². The van der Waals surface area contributed by atoms with E-state index < -0.39 is 35.1 Å². The monoisotopic (exact) mass is 596 g/mol. The molecule has 4 aliphatic rings. The number of likely N-dealkylation sites (N-methyl/N-ethyl adjacent to an activating group) is 1. The number of amides is 1. The normalized spacial score (nSPS) is 27.1. The Morgan fingerprint density at radius 2 is 1.95 bits per heavy atom. The third kappa shape index (κ3) is 4.82. The molecule has 1 saturated carbocycles. The molecule has 2 heterocycles. The lowest BCUT2D eigenvalue weighted by atomic mass is 9.51. The molecule has 1 spiro atoms. The Balaban J connectivity index is 1.39. The van der Waals surface area contributed by atoms with E-state index >= 15 is 0 Å². The van der Waals surface area contributed by atoms with Crippen molar-refractivity contribution >= 4 is 11.9 Å². The number of phenolic OH excluding ortho intramolecular Hbond substituents is 1. The van der Waals surface area contributed by atoms with E-state index in [4.69, 9.17) is 9.47 Å². The Morgan fingerprint density at radius 1 is 1.23 bits per heavy atom. The second kappa shape index (κ2) is 10.5. The molecule has 7 nitrogen and oxygen atoms in total. The summed E-state index contributed by atoms with van der Waals surface area (Å²) in [5.74, 6) is 5.57. The molecule has 1 N–H and O–H groups in total. The van der Waals surface area contributed by atoms with Crippen molar-refractivity contribution in [3.8, 4) is 29.1 Å². The molecule has 228 valence electrons. The summed E-state index contributed by atoms with van der Waals surface area (Å²) in [5, 5.41) is 11.1. The van der Waals surface area contributed by atoms with E-state index in [2.05, 4.69) is 23.8 Å². The molecule has 43 heavy (non-hydrogen) atoms. The van der Waals surface area contributed by atoms with Gasteiger partial charge in [-0.1, -0.05) is 19.8 Å². The average molecular weight is 597 g/mol. The van der Waals surface area contributed by atoms with Gasteiger partial charge in [0.05, 0.1) is 11.6 Å². The summed E-state index contributed by atoms with van der Waals surface area (Å²) in [4.78, 5) is 29.9. The molecule has 2 aromatic rings. The lowest BCUT2D eigenvalue weighted by molar-refractivity contribution is -0.138. The van der Waals surface area contributed by atoms with Gasteiger partial charge in [0.15, 0.2) is 11.5 Å². The zero-order valence-corrected chi connectivity index (χ0v) is 24.6. The minimum absolute atomic E-state index is 0.0857. The predicted octanol–water partition coefficient (Wildman–Crippen LogP) is 4.91. The Morgan fingerprint density at radius 3 is 2.60 bits per heavy atom. The summed E-state index contributed by atoms with van der Waals surface area (Å²) in [5.41, 5.74) is 0.842. The van der Waals surface area contributed by atoms with Gasteiger partial charge in [0.25, 0.3) is 5.91 Å². The highest BCUT2D eigenvalue weighted by molar-refractivity contribution is 5.94. The Labute approximate surface area is 248 Å². The molecule has 2 fully saturated rings. The first-order chi connectivity index (χ1) is 20.3. The highest BCUT2D eigenvalue weighted by Crippen LogP contribution is 2.65. The highest BCUT2D eigenvalue weighted by atomic mass is 19.4. The van der Waals surface area contributed by atoms with Crippen molar-refractivity contribution in [1.29, 1.82) is 0 Å².